The van der Waals surface area contributed by atoms with Crippen LogP contribution in [-0.4, -0.2) is 38.8 Å². The van der Waals surface area contributed by atoms with Crippen LogP contribution in [-0.2, 0) is 0 Å². The lowest BCUT2D eigenvalue weighted by Crippen LogP contribution is -2.66. The first-order valence-corrected chi connectivity index (χ1v) is 11.5. The zero-order valence-corrected chi connectivity index (χ0v) is 20.0. The van der Waals surface area contributed by atoms with Gasteiger partial charge in [-0.1, -0.05) is 111 Å². The Morgan fingerprint density at radius 3 is 1.29 bits per heavy atom. The van der Waals surface area contributed by atoms with Crippen molar-refractivity contribution in [3.63, 3.8) is 0 Å². The molecular formula is C29H38BN. The maximum atomic E-state index is 3.75. The maximum absolute atomic E-state index is 3.75. The van der Waals surface area contributed by atoms with Crippen molar-refractivity contribution in [1.82, 2.24) is 0 Å². The summed E-state index contributed by atoms with van der Waals surface area (Å²) in [6.07, 6.45) is 3.32. The van der Waals surface area contributed by atoms with Gasteiger partial charge in [0.05, 0.1) is 28.2 Å². The van der Waals surface area contributed by atoms with Crippen molar-refractivity contribution in [3.05, 3.63) is 91.0 Å². The van der Waals surface area contributed by atoms with Crippen LogP contribution in [0.4, 0.5) is 0 Å². The van der Waals surface area contributed by atoms with Gasteiger partial charge in [-0.05, 0) is 6.42 Å². The number of nitrogens with zero attached hydrogens (tertiary/aromatic N) is 1. The minimum atomic E-state index is -1.29. The largest absolute Gasteiger partial charge is 0.333 e. The highest BCUT2D eigenvalue weighted by molar-refractivity contribution is 7.16. The van der Waals surface area contributed by atoms with E-state index in [9.17, 15) is 0 Å². The minimum absolute atomic E-state index is 0.962. The molecule has 0 N–H and O–H groups in total. The molecule has 0 aliphatic heterocycles. The third kappa shape index (κ3) is 7.78. The lowest BCUT2D eigenvalue weighted by atomic mass is 9.16. The Hall–Kier alpha value is -2.76. The summed E-state index contributed by atoms with van der Waals surface area (Å²) in [5, 5.41) is 0. The molecule has 0 amide bonds. The van der Waals surface area contributed by atoms with Gasteiger partial charge in [0.25, 0.3) is 0 Å². The number of quaternary nitrogens is 1. The maximum Gasteiger partial charge on any atom is 0.149 e. The molecule has 31 heavy (non-hydrogen) atoms. The zero-order chi connectivity index (χ0) is 22.6. The quantitative estimate of drug-likeness (QED) is 0.241. The van der Waals surface area contributed by atoms with Gasteiger partial charge in [0, 0.05) is 6.42 Å². The van der Waals surface area contributed by atoms with Crippen molar-refractivity contribution in [2.75, 3.05) is 28.2 Å². The molecule has 2 heteroatoms. The van der Waals surface area contributed by atoms with Gasteiger partial charge in [-0.3, -0.25) is 5.82 Å². The smallest absolute Gasteiger partial charge is 0.149 e. The fourth-order valence-corrected chi connectivity index (χ4v) is 3.74. The van der Waals surface area contributed by atoms with Crippen LogP contribution in [0.15, 0.2) is 91.0 Å². The topological polar surface area (TPSA) is 0 Å². The van der Waals surface area contributed by atoms with Crippen LogP contribution in [0.2, 0.25) is 0 Å². The van der Waals surface area contributed by atoms with E-state index in [2.05, 4.69) is 138 Å². The van der Waals surface area contributed by atoms with Gasteiger partial charge in [0.1, 0.15) is 6.15 Å². The van der Waals surface area contributed by atoms with Gasteiger partial charge in [-0.15, -0.1) is 5.92 Å². The summed E-state index contributed by atoms with van der Waals surface area (Å²) in [5.74, 6) is 7.29. The van der Waals surface area contributed by atoms with E-state index in [-0.39, 0.29) is 0 Å². The Morgan fingerprint density at radius 2 is 0.968 bits per heavy atom. The molecule has 3 rings (SSSR count). The molecule has 0 atom stereocenters. The molecule has 0 fully saturated rings. The summed E-state index contributed by atoms with van der Waals surface area (Å²) in [7, 11) is 8.50. The van der Waals surface area contributed by atoms with Crippen LogP contribution >= 0.6 is 0 Å². The summed E-state index contributed by atoms with van der Waals surface area (Å²) in [6, 6.07) is 32.3. The van der Waals surface area contributed by atoms with Crippen LogP contribution < -0.4 is 16.4 Å². The standard InChI is InChI=1S/C25H26B.C4H12N/c1-2-3-4-5-15-22-26(23-16-9-6-10-17-23,24-18-11-7-12-19-24)25-20-13-8-14-21-25;1-5(2,3)4/h6-14,16-21H,2-5H2,1H3;1-4H3/q-1;+1. The van der Waals surface area contributed by atoms with Crippen LogP contribution in [0, 0.1) is 11.7 Å². The molecule has 0 spiro atoms. The highest BCUT2D eigenvalue weighted by Crippen LogP contribution is 2.08. The summed E-state index contributed by atoms with van der Waals surface area (Å²) in [4.78, 5) is 0. The Kier molecular flexibility index (Phi) is 9.64. The number of benzene rings is 3. The van der Waals surface area contributed by atoms with E-state index in [1.54, 1.807) is 0 Å². The van der Waals surface area contributed by atoms with Crippen molar-refractivity contribution in [2.45, 2.75) is 32.6 Å². The summed E-state index contributed by atoms with van der Waals surface area (Å²) < 4.78 is 1.00. The lowest BCUT2D eigenvalue weighted by molar-refractivity contribution is -0.849. The summed E-state index contributed by atoms with van der Waals surface area (Å²) in [6.45, 7) is 2.24. The molecule has 0 aromatic heterocycles. The molecule has 0 bridgehead atoms. The number of hydrogen-bond acceptors (Lipinski definition) is 0. The van der Waals surface area contributed by atoms with Crippen molar-refractivity contribution < 1.29 is 4.48 Å². The van der Waals surface area contributed by atoms with Gasteiger partial charge < -0.3 is 4.48 Å². The van der Waals surface area contributed by atoms with Crippen molar-refractivity contribution >= 4 is 22.5 Å². The van der Waals surface area contributed by atoms with Gasteiger partial charge >= 0.3 is 0 Å². The molecule has 0 aliphatic rings. The number of unbranched alkanes of at least 4 members (excludes halogenated alkanes) is 3. The molecule has 0 radical (unpaired) electrons. The Balaban J connectivity index is 0.000000614. The molecule has 0 aliphatic carbocycles. The molecule has 0 saturated heterocycles. The molecule has 1 nitrogen and oxygen atoms in total. The second kappa shape index (κ2) is 12.2. The molecule has 3 aromatic rings. The summed E-state index contributed by atoms with van der Waals surface area (Å²) >= 11 is 0. The Morgan fingerprint density at radius 1 is 0.613 bits per heavy atom. The van der Waals surface area contributed by atoms with Crippen LogP contribution in [0.5, 0.6) is 0 Å². The van der Waals surface area contributed by atoms with E-state index < -0.39 is 6.15 Å². The minimum Gasteiger partial charge on any atom is -0.333 e. The van der Waals surface area contributed by atoms with E-state index in [1.807, 2.05) is 0 Å². The van der Waals surface area contributed by atoms with Crippen molar-refractivity contribution in [1.29, 1.82) is 0 Å². The van der Waals surface area contributed by atoms with Gasteiger partial charge in [-0.25, -0.2) is 0 Å². The van der Waals surface area contributed by atoms with Crippen LogP contribution in [0.25, 0.3) is 0 Å². The predicted octanol–water partition coefficient (Wildman–Crippen LogP) is 4.60. The first-order chi connectivity index (χ1) is 14.9. The second-order valence-electron chi connectivity index (χ2n) is 9.56. The fourth-order valence-electron chi connectivity index (χ4n) is 3.74. The third-order valence-electron chi connectivity index (χ3n) is 5.12. The second-order valence-corrected chi connectivity index (χ2v) is 9.56. The predicted molar refractivity (Wildman–Crippen MR) is 140 cm³/mol. The summed E-state index contributed by atoms with van der Waals surface area (Å²) in [5.41, 5.74) is 3.86. The van der Waals surface area contributed by atoms with E-state index in [4.69, 9.17) is 0 Å². The van der Waals surface area contributed by atoms with Gasteiger partial charge in [-0.2, -0.15) is 16.4 Å². The average molecular weight is 411 g/mol. The first kappa shape index (κ1) is 24.5. The van der Waals surface area contributed by atoms with E-state index in [0.29, 0.717) is 0 Å². The molecule has 3 aromatic carbocycles. The van der Waals surface area contributed by atoms with Crippen molar-refractivity contribution in [3.8, 4) is 11.7 Å². The van der Waals surface area contributed by atoms with E-state index >= 15 is 0 Å². The zero-order valence-electron chi connectivity index (χ0n) is 20.0. The van der Waals surface area contributed by atoms with Gasteiger partial charge in [0.2, 0.25) is 0 Å². The monoisotopic (exact) mass is 411 g/mol. The van der Waals surface area contributed by atoms with Crippen LogP contribution in [0.1, 0.15) is 32.6 Å². The van der Waals surface area contributed by atoms with E-state index in [0.717, 1.165) is 10.9 Å². The first-order valence-electron chi connectivity index (χ1n) is 11.5. The third-order valence-corrected chi connectivity index (χ3v) is 5.12. The highest BCUT2D eigenvalue weighted by atomic mass is 15.2. The SMILES string of the molecule is CCCCCC#C[B-](c1ccccc1)(c1ccccc1)c1ccccc1.C[N+](C)(C)C. The average Bonchev–Trinajstić information content (AvgIpc) is 2.77. The van der Waals surface area contributed by atoms with E-state index in [1.165, 1.54) is 35.7 Å². The number of rotatable bonds is 6. The molecule has 0 heterocycles. The Labute approximate surface area is 190 Å². The molecular weight excluding hydrogens is 373 g/mol. The number of hydrogen-bond donors (Lipinski definition) is 0. The molecule has 162 valence electrons. The van der Waals surface area contributed by atoms with Crippen molar-refractivity contribution in [2.24, 2.45) is 0 Å². The fraction of sp³-hybridized carbons (Fsp3) is 0.310. The molecule has 0 unspecified atom stereocenters. The van der Waals surface area contributed by atoms with Crippen LogP contribution in [0.3, 0.4) is 0 Å². The normalized spacial score (nSPS) is 11.0. The lowest BCUT2D eigenvalue weighted by Gasteiger charge is -2.38. The van der Waals surface area contributed by atoms with Gasteiger partial charge in [0.15, 0.2) is 0 Å². The Bertz CT molecular complexity index is 829. The molecule has 0 saturated carbocycles. The highest BCUT2D eigenvalue weighted by Gasteiger charge is 2.27.